The molecule has 18 heavy (non-hydrogen) atoms. The number of hydrogen-bond donors (Lipinski definition) is 4. The third-order valence-corrected chi connectivity index (χ3v) is 2.66. The van der Waals surface area contributed by atoms with Gasteiger partial charge >= 0.3 is 0 Å². The van der Waals surface area contributed by atoms with E-state index in [-0.39, 0.29) is 0 Å². The van der Waals surface area contributed by atoms with Crippen molar-refractivity contribution < 1.29 is 9.64 Å². The van der Waals surface area contributed by atoms with Crippen LogP contribution in [-0.2, 0) is 4.74 Å². The molecule has 0 aromatic carbocycles. The SMILES string of the molecule is CCOCC[NH+](C)CCNc1ncc(N)cc1N. The van der Waals surface area contributed by atoms with Crippen LogP contribution >= 0.6 is 0 Å². The van der Waals surface area contributed by atoms with E-state index < -0.39 is 0 Å². The Morgan fingerprint density at radius 3 is 2.83 bits per heavy atom. The smallest absolute Gasteiger partial charge is 0.149 e. The quantitative estimate of drug-likeness (QED) is 0.456. The van der Waals surface area contributed by atoms with Crippen molar-refractivity contribution in [3.63, 3.8) is 0 Å². The number of rotatable bonds is 8. The molecule has 0 radical (unpaired) electrons. The maximum absolute atomic E-state index is 5.80. The summed E-state index contributed by atoms with van der Waals surface area (Å²) in [5, 5.41) is 3.21. The van der Waals surface area contributed by atoms with Crippen LogP contribution in [-0.4, -0.2) is 44.9 Å². The van der Waals surface area contributed by atoms with E-state index in [1.165, 1.54) is 4.90 Å². The van der Waals surface area contributed by atoms with Crippen molar-refractivity contribution in [2.45, 2.75) is 6.92 Å². The topological polar surface area (TPSA) is 90.6 Å². The van der Waals surface area contributed by atoms with Crippen molar-refractivity contribution in [3.8, 4) is 0 Å². The summed E-state index contributed by atoms with van der Waals surface area (Å²) in [6, 6.07) is 1.71. The minimum Gasteiger partial charge on any atom is -0.397 e. The van der Waals surface area contributed by atoms with Gasteiger partial charge in [0.05, 0.1) is 44.3 Å². The van der Waals surface area contributed by atoms with E-state index in [0.29, 0.717) is 17.2 Å². The Kier molecular flexibility index (Phi) is 6.24. The van der Waals surface area contributed by atoms with E-state index in [9.17, 15) is 0 Å². The van der Waals surface area contributed by atoms with Crippen molar-refractivity contribution in [1.82, 2.24) is 4.98 Å². The lowest BCUT2D eigenvalue weighted by molar-refractivity contribution is -0.878. The molecule has 0 aliphatic heterocycles. The molecule has 1 aromatic heterocycles. The molecular formula is C12H24N5O+. The average molecular weight is 254 g/mol. The minimum atomic E-state index is 0.581. The summed E-state index contributed by atoms with van der Waals surface area (Å²) in [6.07, 6.45) is 1.60. The van der Waals surface area contributed by atoms with Gasteiger partial charge in [-0.2, -0.15) is 0 Å². The minimum absolute atomic E-state index is 0.581. The first kappa shape index (κ1) is 14.5. The zero-order chi connectivity index (χ0) is 13.4. The summed E-state index contributed by atoms with van der Waals surface area (Å²) in [4.78, 5) is 5.56. The third kappa shape index (κ3) is 5.20. The molecule has 0 aliphatic carbocycles. The lowest BCUT2D eigenvalue weighted by atomic mass is 10.3. The molecule has 0 saturated heterocycles. The van der Waals surface area contributed by atoms with Crippen molar-refractivity contribution in [2.75, 3.05) is 56.7 Å². The van der Waals surface area contributed by atoms with Gasteiger partial charge in [0.2, 0.25) is 0 Å². The number of nitrogens with zero attached hydrogens (tertiary/aromatic N) is 1. The molecule has 1 atom stereocenters. The van der Waals surface area contributed by atoms with Gasteiger partial charge in [-0.05, 0) is 13.0 Å². The molecule has 6 nitrogen and oxygen atoms in total. The van der Waals surface area contributed by atoms with Gasteiger partial charge in [0.1, 0.15) is 12.4 Å². The van der Waals surface area contributed by atoms with Crippen LogP contribution in [0.15, 0.2) is 12.3 Å². The van der Waals surface area contributed by atoms with Crippen LogP contribution in [0.3, 0.4) is 0 Å². The zero-order valence-corrected chi connectivity index (χ0v) is 11.2. The number of nitrogens with one attached hydrogen (secondary N) is 2. The van der Waals surface area contributed by atoms with Gasteiger partial charge < -0.3 is 26.4 Å². The summed E-state index contributed by atoms with van der Waals surface area (Å²) in [7, 11) is 2.14. The van der Waals surface area contributed by atoms with E-state index >= 15 is 0 Å². The lowest BCUT2D eigenvalue weighted by Gasteiger charge is -2.15. The highest BCUT2D eigenvalue weighted by atomic mass is 16.5. The highest BCUT2D eigenvalue weighted by molar-refractivity contribution is 5.65. The number of pyridine rings is 1. The second-order valence-electron chi connectivity index (χ2n) is 4.29. The van der Waals surface area contributed by atoms with E-state index in [1.54, 1.807) is 12.3 Å². The molecule has 1 aromatic rings. The molecule has 102 valence electrons. The second kappa shape index (κ2) is 7.73. The third-order valence-electron chi connectivity index (χ3n) is 2.66. The van der Waals surface area contributed by atoms with Gasteiger partial charge in [-0.1, -0.05) is 0 Å². The summed E-state index contributed by atoms with van der Waals surface area (Å²) in [5.74, 6) is 0.696. The van der Waals surface area contributed by atoms with E-state index in [0.717, 1.165) is 32.8 Å². The number of ether oxygens (including phenoxy) is 1. The molecule has 6 heteroatoms. The molecule has 1 heterocycles. The van der Waals surface area contributed by atoms with Gasteiger partial charge in [0, 0.05) is 6.61 Å². The fourth-order valence-corrected chi connectivity index (χ4v) is 1.56. The second-order valence-corrected chi connectivity index (χ2v) is 4.29. The maximum Gasteiger partial charge on any atom is 0.149 e. The van der Waals surface area contributed by atoms with Crippen LogP contribution in [0, 0.1) is 0 Å². The monoisotopic (exact) mass is 254 g/mol. The Morgan fingerprint density at radius 1 is 1.39 bits per heavy atom. The predicted molar refractivity (Wildman–Crippen MR) is 74.7 cm³/mol. The van der Waals surface area contributed by atoms with E-state index in [2.05, 4.69) is 17.3 Å². The first-order valence-electron chi connectivity index (χ1n) is 6.27. The van der Waals surface area contributed by atoms with Crippen LogP contribution in [0.25, 0.3) is 0 Å². The number of hydrogen-bond acceptors (Lipinski definition) is 5. The Balaban J connectivity index is 2.24. The summed E-state index contributed by atoms with van der Waals surface area (Å²) in [5.41, 5.74) is 12.6. The Morgan fingerprint density at radius 2 is 2.17 bits per heavy atom. The Bertz CT molecular complexity index is 358. The summed E-state index contributed by atoms with van der Waals surface area (Å²) >= 11 is 0. The molecule has 0 fully saturated rings. The molecule has 1 unspecified atom stereocenters. The normalized spacial score (nSPS) is 12.3. The highest BCUT2D eigenvalue weighted by Crippen LogP contribution is 2.16. The molecule has 0 saturated carbocycles. The molecule has 0 spiro atoms. The van der Waals surface area contributed by atoms with Gasteiger partial charge in [0.15, 0.2) is 0 Å². The number of quaternary nitrogens is 1. The number of aromatic nitrogens is 1. The lowest BCUT2D eigenvalue weighted by Crippen LogP contribution is -3.10. The van der Waals surface area contributed by atoms with Crippen LogP contribution in [0.2, 0.25) is 0 Å². The van der Waals surface area contributed by atoms with Crippen LogP contribution < -0.4 is 21.7 Å². The number of likely N-dealkylation sites (N-methyl/N-ethyl adjacent to an activating group) is 1. The highest BCUT2D eigenvalue weighted by Gasteiger charge is 2.04. The summed E-state index contributed by atoms with van der Waals surface area (Å²) < 4.78 is 5.31. The molecule has 0 amide bonds. The number of anilines is 3. The molecular weight excluding hydrogens is 230 g/mol. The molecule has 0 bridgehead atoms. The van der Waals surface area contributed by atoms with Crippen molar-refractivity contribution in [3.05, 3.63) is 12.3 Å². The largest absolute Gasteiger partial charge is 0.397 e. The van der Waals surface area contributed by atoms with Crippen molar-refractivity contribution in [1.29, 1.82) is 0 Å². The first-order valence-corrected chi connectivity index (χ1v) is 6.27. The fourth-order valence-electron chi connectivity index (χ4n) is 1.56. The fraction of sp³-hybridized carbons (Fsp3) is 0.583. The zero-order valence-electron chi connectivity index (χ0n) is 11.2. The number of nitrogen functional groups attached to an aromatic ring is 2. The Labute approximate surface area is 108 Å². The van der Waals surface area contributed by atoms with Crippen molar-refractivity contribution in [2.24, 2.45) is 0 Å². The van der Waals surface area contributed by atoms with E-state index in [4.69, 9.17) is 16.2 Å². The van der Waals surface area contributed by atoms with Gasteiger partial charge in [-0.25, -0.2) is 4.98 Å². The predicted octanol–water partition coefficient (Wildman–Crippen LogP) is -0.791. The number of nitrogens with two attached hydrogens (primary N) is 2. The van der Waals surface area contributed by atoms with Gasteiger partial charge in [0.25, 0.3) is 0 Å². The molecule has 6 N–H and O–H groups in total. The Hall–Kier alpha value is -1.53. The molecule has 0 aliphatic rings. The molecule has 1 rings (SSSR count). The standard InChI is InChI=1S/C12H23N5O/c1-3-18-7-6-17(2)5-4-15-12-11(14)8-10(13)9-16-12/h8-9H,3-7,13-14H2,1-2H3,(H,15,16)/p+1. The average Bonchev–Trinajstić information content (AvgIpc) is 2.32. The first-order chi connectivity index (χ1) is 8.63. The van der Waals surface area contributed by atoms with Crippen LogP contribution in [0.1, 0.15) is 6.92 Å². The van der Waals surface area contributed by atoms with Crippen LogP contribution in [0.5, 0.6) is 0 Å². The maximum atomic E-state index is 5.80. The van der Waals surface area contributed by atoms with Gasteiger partial charge in [-0.3, -0.25) is 0 Å². The van der Waals surface area contributed by atoms with Crippen LogP contribution in [0.4, 0.5) is 17.2 Å². The summed E-state index contributed by atoms with van der Waals surface area (Å²) in [6.45, 7) is 6.38. The van der Waals surface area contributed by atoms with E-state index in [1.807, 2.05) is 6.92 Å². The van der Waals surface area contributed by atoms with Gasteiger partial charge in [-0.15, -0.1) is 0 Å². The van der Waals surface area contributed by atoms with Crippen molar-refractivity contribution >= 4 is 17.2 Å².